The van der Waals surface area contributed by atoms with Gasteiger partial charge >= 0.3 is 0 Å². The largest absolute Gasteiger partial charge is 0.496 e. The number of allylic oxidation sites excluding steroid dienone is 1. The average Bonchev–Trinajstić information content (AvgIpc) is 2.79. The van der Waals surface area contributed by atoms with E-state index in [1.807, 2.05) is 43.6 Å². The number of aromatic nitrogens is 2. The lowest BCUT2D eigenvalue weighted by molar-refractivity contribution is -0.0646. The van der Waals surface area contributed by atoms with Crippen molar-refractivity contribution in [3.8, 4) is 11.5 Å². The molecule has 1 aromatic heterocycles. The molecule has 29 heavy (non-hydrogen) atoms. The molecule has 2 atom stereocenters. The van der Waals surface area contributed by atoms with Gasteiger partial charge in [0, 0.05) is 32.5 Å². The first-order chi connectivity index (χ1) is 14.2. The van der Waals surface area contributed by atoms with Crippen molar-refractivity contribution < 1.29 is 14.2 Å². The van der Waals surface area contributed by atoms with Crippen LogP contribution in [0.3, 0.4) is 0 Å². The Labute approximate surface area is 170 Å². The molecular formula is C21H25N5O3. The summed E-state index contributed by atoms with van der Waals surface area (Å²) in [5, 5.41) is 0. The van der Waals surface area contributed by atoms with E-state index in [4.69, 9.17) is 19.2 Å². The maximum absolute atomic E-state index is 6.11. The van der Waals surface area contributed by atoms with Crippen LogP contribution in [0.1, 0.15) is 17.4 Å². The summed E-state index contributed by atoms with van der Waals surface area (Å²) in [7, 11) is 5.35. The summed E-state index contributed by atoms with van der Waals surface area (Å²) in [6.45, 7) is 2.04. The maximum atomic E-state index is 6.11. The molecule has 0 amide bonds. The number of rotatable bonds is 5. The van der Waals surface area contributed by atoms with Gasteiger partial charge in [-0.3, -0.25) is 4.90 Å². The van der Waals surface area contributed by atoms with Crippen LogP contribution in [0.4, 0.5) is 0 Å². The fourth-order valence-corrected chi connectivity index (χ4v) is 3.71. The first-order valence-corrected chi connectivity index (χ1v) is 9.52. The fourth-order valence-electron chi connectivity index (χ4n) is 3.71. The summed E-state index contributed by atoms with van der Waals surface area (Å²) in [4.78, 5) is 17.6. The van der Waals surface area contributed by atoms with Crippen molar-refractivity contribution in [2.24, 2.45) is 4.99 Å². The highest BCUT2D eigenvalue weighted by Gasteiger charge is 2.33. The van der Waals surface area contributed by atoms with Gasteiger partial charge in [0.05, 0.1) is 37.8 Å². The second-order valence-corrected chi connectivity index (χ2v) is 6.87. The van der Waals surface area contributed by atoms with E-state index in [-0.39, 0.29) is 12.4 Å². The summed E-state index contributed by atoms with van der Waals surface area (Å²) in [5.74, 6) is 1.52. The van der Waals surface area contributed by atoms with Crippen LogP contribution in [0, 0.1) is 0 Å². The topological polar surface area (TPSA) is 72.3 Å². The first-order valence-electron chi connectivity index (χ1n) is 9.52. The second kappa shape index (κ2) is 8.59. The van der Waals surface area contributed by atoms with Crippen molar-refractivity contribution in [1.82, 2.24) is 19.8 Å². The number of aliphatic imine (C=N–C) groups is 1. The van der Waals surface area contributed by atoms with Gasteiger partial charge in [0.15, 0.2) is 6.29 Å². The van der Waals surface area contributed by atoms with Crippen LogP contribution in [0.5, 0.6) is 11.5 Å². The highest BCUT2D eigenvalue weighted by molar-refractivity contribution is 6.07. The minimum absolute atomic E-state index is 0.142. The first kappa shape index (κ1) is 19.4. The molecule has 4 rings (SSSR count). The Hall–Kier alpha value is -2.97. The van der Waals surface area contributed by atoms with Gasteiger partial charge < -0.3 is 19.1 Å². The molecule has 0 spiro atoms. The Bertz CT molecular complexity index is 880. The predicted octanol–water partition coefficient (Wildman–Crippen LogP) is 2.10. The molecule has 8 heteroatoms. The van der Waals surface area contributed by atoms with Crippen LogP contribution in [0.25, 0.3) is 0 Å². The molecule has 2 aliphatic rings. The van der Waals surface area contributed by atoms with E-state index >= 15 is 0 Å². The number of benzene rings is 1. The molecule has 3 heterocycles. The molecule has 2 aromatic rings. The van der Waals surface area contributed by atoms with Gasteiger partial charge in [-0.1, -0.05) is 6.07 Å². The van der Waals surface area contributed by atoms with Gasteiger partial charge in [-0.2, -0.15) is 0 Å². The maximum Gasteiger partial charge on any atom is 0.178 e. The molecule has 1 saturated heterocycles. The molecular weight excluding hydrogens is 370 g/mol. The smallest absolute Gasteiger partial charge is 0.178 e. The van der Waals surface area contributed by atoms with Gasteiger partial charge in [0.2, 0.25) is 0 Å². The number of ether oxygens (including phenoxy) is 3. The van der Waals surface area contributed by atoms with Crippen molar-refractivity contribution in [2.75, 3.05) is 41.0 Å². The lowest BCUT2D eigenvalue weighted by Gasteiger charge is -2.41. The lowest BCUT2D eigenvalue weighted by atomic mass is 10.0. The van der Waals surface area contributed by atoms with Crippen molar-refractivity contribution in [1.29, 1.82) is 0 Å². The Kier molecular flexibility index (Phi) is 5.73. The van der Waals surface area contributed by atoms with Crippen LogP contribution in [-0.4, -0.2) is 72.7 Å². The Morgan fingerprint density at radius 3 is 2.62 bits per heavy atom. The number of methoxy groups -OCH3 is 2. The van der Waals surface area contributed by atoms with Crippen molar-refractivity contribution in [3.05, 3.63) is 60.3 Å². The fraction of sp³-hybridized carbons (Fsp3) is 0.381. The zero-order valence-electron chi connectivity index (χ0n) is 16.9. The average molecular weight is 395 g/mol. The molecule has 152 valence electrons. The minimum Gasteiger partial charge on any atom is -0.496 e. The SMILES string of the molecule is COc1cccc(OC)c1C1CN(C2N=C(c3ccncn3)C=CN2C)CCO1. The molecule has 0 N–H and O–H groups in total. The minimum atomic E-state index is -0.174. The van der Waals surface area contributed by atoms with E-state index in [9.17, 15) is 0 Å². The Balaban J connectivity index is 1.60. The van der Waals surface area contributed by atoms with Gasteiger partial charge in [-0.25, -0.2) is 15.0 Å². The molecule has 0 bridgehead atoms. The lowest BCUT2D eigenvalue weighted by Crippen LogP contribution is -2.50. The zero-order valence-corrected chi connectivity index (χ0v) is 16.9. The molecule has 2 aliphatic heterocycles. The second-order valence-electron chi connectivity index (χ2n) is 6.87. The quantitative estimate of drug-likeness (QED) is 0.768. The summed E-state index contributed by atoms with van der Waals surface area (Å²) in [5.41, 5.74) is 2.58. The van der Waals surface area contributed by atoms with Crippen molar-refractivity contribution >= 4 is 5.71 Å². The van der Waals surface area contributed by atoms with Crippen molar-refractivity contribution in [3.63, 3.8) is 0 Å². The van der Waals surface area contributed by atoms with Gasteiger partial charge in [0.1, 0.15) is 23.9 Å². The molecule has 1 aromatic carbocycles. The third kappa shape index (κ3) is 3.94. The number of hydrogen-bond acceptors (Lipinski definition) is 8. The monoisotopic (exact) mass is 395 g/mol. The Morgan fingerprint density at radius 1 is 1.14 bits per heavy atom. The summed E-state index contributed by atoms with van der Waals surface area (Å²) in [6, 6.07) is 7.65. The standard InChI is InChI=1S/C21H25N5O3/c1-25-10-8-16(15-7-9-22-14-23-15)24-21(25)26-11-12-29-19(13-26)20-17(27-2)5-4-6-18(20)28-3/h4-10,14,19,21H,11-13H2,1-3H3. The third-order valence-corrected chi connectivity index (χ3v) is 5.14. The van der Waals surface area contributed by atoms with Crippen LogP contribution in [-0.2, 0) is 4.74 Å². The van der Waals surface area contributed by atoms with Gasteiger partial charge in [-0.05, 0) is 24.3 Å². The number of hydrogen-bond donors (Lipinski definition) is 0. The zero-order chi connectivity index (χ0) is 20.2. The van der Waals surface area contributed by atoms with Gasteiger partial charge in [-0.15, -0.1) is 0 Å². The molecule has 1 fully saturated rings. The van der Waals surface area contributed by atoms with Crippen LogP contribution in [0.2, 0.25) is 0 Å². The molecule has 8 nitrogen and oxygen atoms in total. The molecule has 0 aliphatic carbocycles. The van der Waals surface area contributed by atoms with Crippen molar-refractivity contribution in [2.45, 2.75) is 12.4 Å². The number of nitrogens with zero attached hydrogens (tertiary/aromatic N) is 5. The van der Waals surface area contributed by atoms with E-state index in [1.165, 1.54) is 6.33 Å². The van der Waals surface area contributed by atoms with Crippen LogP contribution in [0.15, 0.2) is 54.1 Å². The Morgan fingerprint density at radius 2 is 1.93 bits per heavy atom. The highest BCUT2D eigenvalue weighted by atomic mass is 16.5. The van der Waals surface area contributed by atoms with E-state index in [2.05, 4.69) is 19.8 Å². The van der Waals surface area contributed by atoms with Crippen LogP contribution < -0.4 is 9.47 Å². The van der Waals surface area contributed by atoms with E-state index in [1.54, 1.807) is 20.4 Å². The third-order valence-electron chi connectivity index (χ3n) is 5.14. The molecule has 0 radical (unpaired) electrons. The molecule has 2 unspecified atom stereocenters. The van der Waals surface area contributed by atoms with Gasteiger partial charge in [0.25, 0.3) is 0 Å². The predicted molar refractivity (Wildman–Crippen MR) is 109 cm³/mol. The van der Waals surface area contributed by atoms with E-state index in [0.717, 1.165) is 35.0 Å². The number of morpholine rings is 1. The summed E-state index contributed by atoms with van der Waals surface area (Å²) < 4.78 is 17.3. The normalized spacial score (nSPS) is 22.3. The van der Waals surface area contributed by atoms with Crippen LogP contribution >= 0.6 is 0 Å². The summed E-state index contributed by atoms with van der Waals surface area (Å²) in [6.07, 6.45) is 6.95. The molecule has 0 saturated carbocycles. The van der Waals surface area contributed by atoms with E-state index < -0.39 is 0 Å². The van der Waals surface area contributed by atoms with E-state index in [0.29, 0.717) is 13.2 Å². The highest BCUT2D eigenvalue weighted by Crippen LogP contribution is 2.38. The summed E-state index contributed by atoms with van der Waals surface area (Å²) >= 11 is 0.